The molecular formula is C10H10FNO4. The highest BCUT2D eigenvalue weighted by atomic mass is 19.1. The van der Waals surface area contributed by atoms with E-state index in [1.807, 2.05) is 0 Å². The maximum atomic E-state index is 13.3. The van der Waals surface area contributed by atoms with Crippen LogP contribution in [0.2, 0.25) is 0 Å². The average molecular weight is 227 g/mol. The molecule has 0 bridgehead atoms. The fourth-order valence-electron chi connectivity index (χ4n) is 1.06. The Balaban J connectivity index is 2.90. The lowest BCUT2D eigenvalue weighted by atomic mass is 10.2. The van der Waals surface area contributed by atoms with Gasteiger partial charge in [0.15, 0.2) is 0 Å². The van der Waals surface area contributed by atoms with Crippen LogP contribution in [-0.2, 0) is 4.74 Å². The highest BCUT2D eigenvalue weighted by Gasteiger charge is 2.16. The van der Waals surface area contributed by atoms with Crippen LogP contribution in [0.25, 0.3) is 0 Å². The zero-order valence-corrected chi connectivity index (χ0v) is 8.60. The van der Waals surface area contributed by atoms with Crippen LogP contribution >= 0.6 is 0 Å². The Bertz CT molecular complexity index is 419. The number of nitrogens with zero attached hydrogens (tertiary/aromatic N) is 1. The smallest absolute Gasteiger partial charge is 0.341 e. The first-order valence-electron chi connectivity index (χ1n) is 4.67. The Morgan fingerprint density at radius 3 is 2.75 bits per heavy atom. The van der Waals surface area contributed by atoms with Crippen molar-refractivity contribution in [2.24, 2.45) is 0 Å². The Morgan fingerprint density at radius 1 is 1.56 bits per heavy atom. The Morgan fingerprint density at radius 2 is 2.25 bits per heavy atom. The average Bonchev–Trinajstić information content (AvgIpc) is 2.25. The number of hydrogen-bond donors (Lipinski definition) is 0. The second-order valence-electron chi connectivity index (χ2n) is 3.06. The summed E-state index contributed by atoms with van der Waals surface area (Å²) in [7, 11) is 0. The monoisotopic (exact) mass is 227 g/mol. The molecule has 1 rings (SSSR count). The minimum Gasteiger partial charge on any atom is -0.462 e. The molecule has 16 heavy (non-hydrogen) atoms. The van der Waals surface area contributed by atoms with E-state index in [0.29, 0.717) is 12.5 Å². The normalized spacial score (nSPS) is 9.88. The predicted molar refractivity (Wildman–Crippen MR) is 53.6 cm³/mol. The summed E-state index contributed by atoms with van der Waals surface area (Å²) in [6, 6.07) is 2.81. The number of halogens is 1. The number of ether oxygens (including phenoxy) is 1. The summed E-state index contributed by atoms with van der Waals surface area (Å²) in [5, 5.41) is 10.3. The van der Waals surface area contributed by atoms with Gasteiger partial charge in [-0.15, -0.1) is 0 Å². The molecule has 1 aromatic carbocycles. The second-order valence-corrected chi connectivity index (χ2v) is 3.06. The van der Waals surface area contributed by atoms with E-state index < -0.39 is 22.4 Å². The number of carbonyl (C=O) groups is 1. The van der Waals surface area contributed by atoms with Crippen LogP contribution in [0.15, 0.2) is 18.2 Å². The van der Waals surface area contributed by atoms with E-state index in [-0.39, 0.29) is 12.2 Å². The molecule has 0 N–H and O–H groups in total. The van der Waals surface area contributed by atoms with E-state index in [2.05, 4.69) is 0 Å². The van der Waals surface area contributed by atoms with Gasteiger partial charge in [0.1, 0.15) is 5.82 Å². The highest BCUT2D eigenvalue weighted by Crippen LogP contribution is 2.17. The third-order valence-corrected chi connectivity index (χ3v) is 1.82. The molecule has 0 saturated heterocycles. The van der Waals surface area contributed by atoms with Crippen molar-refractivity contribution in [3.8, 4) is 0 Å². The fraction of sp³-hybridized carbons (Fsp3) is 0.300. The Labute approximate surface area is 91.0 Å². The van der Waals surface area contributed by atoms with Gasteiger partial charge in [0.25, 0.3) is 5.69 Å². The molecule has 0 unspecified atom stereocenters. The number of benzene rings is 1. The zero-order chi connectivity index (χ0) is 12.1. The molecule has 0 aliphatic carbocycles. The Kier molecular flexibility index (Phi) is 3.93. The maximum absolute atomic E-state index is 13.3. The summed E-state index contributed by atoms with van der Waals surface area (Å²) in [5.41, 5.74) is -0.691. The number of rotatable bonds is 4. The number of carbonyl (C=O) groups excluding carboxylic acids is 1. The number of nitro groups is 1. The zero-order valence-electron chi connectivity index (χ0n) is 8.60. The van der Waals surface area contributed by atoms with Crippen molar-refractivity contribution in [1.29, 1.82) is 0 Å². The fourth-order valence-corrected chi connectivity index (χ4v) is 1.06. The van der Waals surface area contributed by atoms with Gasteiger partial charge in [-0.05, 0) is 12.5 Å². The van der Waals surface area contributed by atoms with Gasteiger partial charge >= 0.3 is 5.97 Å². The van der Waals surface area contributed by atoms with Gasteiger partial charge in [0, 0.05) is 6.07 Å². The molecule has 0 amide bonds. The van der Waals surface area contributed by atoms with E-state index in [4.69, 9.17) is 4.74 Å². The van der Waals surface area contributed by atoms with E-state index in [1.165, 1.54) is 0 Å². The summed E-state index contributed by atoms with van der Waals surface area (Å²) in [6.45, 7) is 1.99. The lowest BCUT2D eigenvalue weighted by Crippen LogP contribution is -2.08. The molecule has 0 aliphatic rings. The van der Waals surface area contributed by atoms with Gasteiger partial charge in [0.2, 0.25) is 0 Å². The van der Waals surface area contributed by atoms with Gasteiger partial charge in [-0.1, -0.05) is 6.92 Å². The SMILES string of the molecule is CCCOC(=O)c1ccc([N+](=O)[O-])cc1F. The number of hydrogen-bond acceptors (Lipinski definition) is 4. The first-order valence-corrected chi connectivity index (χ1v) is 4.67. The van der Waals surface area contributed by atoms with E-state index in [1.54, 1.807) is 6.92 Å². The van der Waals surface area contributed by atoms with Gasteiger partial charge in [0.05, 0.1) is 23.2 Å². The molecule has 1 aromatic rings. The van der Waals surface area contributed by atoms with Gasteiger partial charge in [-0.3, -0.25) is 10.1 Å². The topological polar surface area (TPSA) is 69.4 Å². The largest absolute Gasteiger partial charge is 0.462 e. The third-order valence-electron chi connectivity index (χ3n) is 1.82. The van der Waals surface area contributed by atoms with Crippen molar-refractivity contribution < 1.29 is 18.8 Å². The van der Waals surface area contributed by atoms with Crippen molar-refractivity contribution in [2.45, 2.75) is 13.3 Å². The Hall–Kier alpha value is -1.98. The van der Waals surface area contributed by atoms with Gasteiger partial charge < -0.3 is 4.74 Å². The summed E-state index contributed by atoms with van der Waals surface area (Å²) < 4.78 is 18.0. The first-order chi connectivity index (χ1) is 7.56. The van der Waals surface area contributed by atoms with Crippen LogP contribution in [0.1, 0.15) is 23.7 Å². The van der Waals surface area contributed by atoms with Crippen LogP contribution < -0.4 is 0 Å². The van der Waals surface area contributed by atoms with Crippen molar-refractivity contribution in [3.05, 3.63) is 39.7 Å². The predicted octanol–water partition coefficient (Wildman–Crippen LogP) is 2.30. The van der Waals surface area contributed by atoms with Gasteiger partial charge in [-0.25, -0.2) is 9.18 Å². The molecule has 6 heteroatoms. The molecular weight excluding hydrogens is 217 g/mol. The lowest BCUT2D eigenvalue weighted by Gasteiger charge is -2.03. The van der Waals surface area contributed by atoms with Crippen molar-refractivity contribution in [2.75, 3.05) is 6.61 Å². The number of nitro benzene ring substituents is 1. The standard InChI is InChI=1S/C10H10FNO4/c1-2-5-16-10(13)8-4-3-7(12(14)15)6-9(8)11/h3-4,6H,2,5H2,1H3. The van der Waals surface area contributed by atoms with Gasteiger partial charge in [-0.2, -0.15) is 0 Å². The van der Waals surface area contributed by atoms with Crippen LogP contribution in [0.5, 0.6) is 0 Å². The van der Waals surface area contributed by atoms with Crippen LogP contribution in [0.4, 0.5) is 10.1 Å². The summed E-state index contributed by atoms with van der Waals surface area (Å²) in [4.78, 5) is 20.9. The van der Waals surface area contributed by atoms with Crippen LogP contribution in [-0.4, -0.2) is 17.5 Å². The minimum atomic E-state index is -0.949. The molecule has 0 saturated carbocycles. The molecule has 0 radical (unpaired) electrons. The van der Waals surface area contributed by atoms with E-state index >= 15 is 0 Å². The van der Waals surface area contributed by atoms with Crippen molar-refractivity contribution in [3.63, 3.8) is 0 Å². The molecule has 0 spiro atoms. The summed E-state index contributed by atoms with van der Waals surface area (Å²) >= 11 is 0. The second kappa shape index (κ2) is 5.20. The molecule has 0 fully saturated rings. The summed E-state index contributed by atoms with van der Waals surface area (Å²) in [6.07, 6.45) is 0.625. The van der Waals surface area contributed by atoms with E-state index in [9.17, 15) is 19.3 Å². The third kappa shape index (κ3) is 2.75. The highest BCUT2D eigenvalue weighted by molar-refractivity contribution is 5.89. The van der Waals surface area contributed by atoms with Crippen LogP contribution in [0.3, 0.4) is 0 Å². The maximum Gasteiger partial charge on any atom is 0.341 e. The molecule has 5 nitrogen and oxygen atoms in total. The molecule has 0 atom stereocenters. The lowest BCUT2D eigenvalue weighted by molar-refractivity contribution is -0.385. The van der Waals surface area contributed by atoms with Crippen molar-refractivity contribution >= 4 is 11.7 Å². The molecule has 0 aliphatic heterocycles. The molecule has 0 heterocycles. The van der Waals surface area contributed by atoms with Crippen molar-refractivity contribution in [1.82, 2.24) is 0 Å². The molecule has 0 aromatic heterocycles. The van der Waals surface area contributed by atoms with Crippen LogP contribution in [0, 0.1) is 15.9 Å². The summed E-state index contributed by atoms with van der Waals surface area (Å²) in [5.74, 6) is -1.76. The van der Waals surface area contributed by atoms with E-state index in [0.717, 1.165) is 12.1 Å². The number of esters is 1. The number of non-ortho nitro benzene ring substituents is 1. The quantitative estimate of drug-likeness (QED) is 0.449. The first kappa shape index (κ1) is 12.1. The minimum absolute atomic E-state index is 0.190. The molecule has 86 valence electrons.